The van der Waals surface area contributed by atoms with E-state index in [0.29, 0.717) is 36.3 Å². The zero-order chi connectivity index (χ0) is 19.7. The predicted octanol–water partition coefficient (Wildman–Crippen LogP) is 4.31. The van der Waals surface area contributed by atoms with Crippen LogP contribution < -0.4 is 5.56 Å². The fourth-order valence-electron chi connectivity index (χ4n) is 4.03. The van der Waals surface area contributed by atoms with Gasteiger partial charge in [0.1, 0.15) is 0 Å². The molecule has 1 unspecified atom stereocenters. The highest BCUT2D eigenvalue weighted by molar-refractivity contribution is 6.30. The first-order valence-corrected chi connectivity index (χ1v) is 10.1. The first-order chi connectivity index (χ1) is 13.4. The molecule has 0 N–H and O–H groups in total. The first-order valence-electron chi connectivity index (χ1n) is 9.73. The lowest BCUT2D eigenvalue weighted by Crippen LogP contribution is -2.38. The van der Waals surface area contributed by atoms with Gasteiger partial charge in [-0.2, -0.15) is 5.10 Å². The van der Waals surface area contributed by atoms with Crippen LogP contribution in [0.2, 0.25) is 5.02 Å². The monoisotopic (exact) mass is 397 g/mol. The van der Waals surface area contributed by atoms with E-state index in [1.54, 1.807) is 11.7 Å². The molecule has 2 aromatic carbocycles. The molecular weight excluding hydrogens is 374 g/mol. The first kappa shape index (κ1) is 19.1. The topological polar surface area (TPSA) is 57.9 Å². The van der Waals surface area contributed by atoms with E-state index < -0.39 is 0 Å². The Hall–Kier alpha value is -2.21. The number of fused-ring (bicyclic) bond motifs is 1. The molecule has 1 fully saturated rings. The van der Waals surface area contributed by atoms with Gasteiger partial charge in [0.2, 0.25) is 0 Å². The number of aromatic nitrogens is 2. The summed E-state index contributed by atoms with van der Waals surface area (Å²) < 4.78 is 1.40. The number of hydroxylamine groups is 3. The van der Waals surface area contributed by atoms with Crippen LogP contribution in [-0.2, 0) is 6.42 Å². The number of rotatable bonds is 3. The summed E-state index contributed by atoms with van der Waals surface area (Å²) in [6.45, 7) is 1.11. The van der Waals surface area contributed by atoms with E-state index >= 15 is 0 Å². The minimum absolute atomic E-state index is 0.0324. The standard InChI is InChI=1S/C22H24ClN3O2/c1-26(28)13-4-5-18(12-14-26)25-22(27)20-7-3-2-6-19(20)21(24-25)15-16-8-10-17(23)11-9-16/h2-3,6-11,18H,4-5,12-15H2,1H3/t18-,26?/m0/s1. The summed E-state index contributed by atoms with van der Waals surface area (Å²) in [5, 5.41) is 19.4. The van der Waals surface area contributed by atoms with Gasteiger partial charge in [0.15, 0.2) is 0 Å². The van der Waals surface area contributed by atoms with Gasteiger partial charge in [-0.05, 0) is 36.6 Å². The molecule has 0 spiro atoms. The van der Waals surface area contributed by atoms with E-state index in [0.717, 1.165) is 29.5 Å². The molecule has 1 aliphatic heterocycles. The van der Waals surface area contributed by atoms with Crippen LogP contribution in [0.5, 0.6) is 0 Å². The van der Waals surface area contributed by atoms with Gasteiger partial charge in [-0.1, -0.05) is 41.9 Å². The smallest absolute Gasteiger partial charge is 0.274 e. The summed E-state index contributed by atoms with van der Waals surface area (Å²) >= 11 is 6.01. The van der Waals surface area contributed by atoms with Gasteiger partial charge >= 0.3 is 0 Å². The molecule has 1 aliphatic rings. The minimum Gasteiger partial charge on any atom is -0.633 e. The van der Waals surface area contributed by atoms with Crippen LogP contribution in [-0.4, -0.2) is 34.6 Å². The van der Waals surface area contributed by atoms with Crippen molar-refractivity contribution in [3.8, 4) is 0 Å². The van der Waals surface area contributed by atoms with Crippen molar-refractivity contribution in [2.45, 2.75) is 31.7 Å². The van der Waals surface area contributed by atoms with E-state index in [1.807, 2.05) is 48.5 Å². The van der Waals surface area contributed by atoms with E-state index in [2.05, 4.69) is 0 Å². The summed E-state index contributed by atoms with van der Waals surface area (Å²) in [5.41, 5.74) is 1.90. The highest BCUT2D eigenvalue weighted by atomic mass is 35.5. The second kappa shape index (κ2) is 7.66. The average Bonchev–Trinajstić information content (AvgIpc) is 2.86. The summed E-state index contributed by atoms with van der Waals surface area (Å²) in [4.78, 5) is 13.2. The van der Waals surface area contributed by atoms with Crippen molar-refractivity contribution in [2.75, 3.05) is 20.1 Å². The maximum atomic E-state index is 13.2. The number of quaternary nitrogens is 1. The number of halogens is 1. The van der Waals surface area contributed by atoms with Crippen molar-refractivity contribution in [1.29, 1.82) is 0 Å². The van der Waals surface area contributed by atoms with Crippen molar-refractivity contribution < 1.29 is 4.65 Å². The quantitative estimate of drug-likeness (QED) is 0.488. The van der Waals surface area contributed by atoms with Gasteiger partial charge in [0.05, 0.1) is 37.3 Å². The van der Waals surface area contributed by atoms with Gasteiger partial charge < -0.3 is 9.85 Å². The van der Waals surface area contributed by atoms with Crippen LogP contribution in [0.1, 0.15) is 36.6 Å². The SMILES string of the molecule is C[N+]1([O-])CCC[C@H](n2nc(Cc3ccc(Cl)cc3)c3ccccc3c2=O)CC1. The van der Waals surface area contributed by atoms with Gasteiger partial charge in [0, 0.05) is 23.3 Å². The van der Waals surface area contributed by atoms with Crippen LogP contribution in [0.15, 0.2) is 53.3 Å². The predicted molar refractivity (Wildman–Crippen MR) is 112 cm³/mol. The third-order valence-electron chi connectivity index (χ3n) is 5.64. The Labute approximate surface area is 169 Å². The molecule has 0 saturated carbocycles. The minimum atomic E-state index is -0.240. The number of nitrogens with zero attached hydrogens (tertiary/aromatic N) is 3. The van der Waals surface area contributed by atoms with Crippen LogP contribution in [0.4, 0.5) is 0 Å². The third kappa shape index (κ3) is 3.97. The third-order valence-corrected chi connectivity index (χ3v) is 5.89. The molecule has 0 amide bonds. The Balaban J connectivity index is 1.78. The number of benzene rings is 2. The van der Waals surface area contributed by atoms with Gasteiger partial charge in [-0.15, -0.1) is 0 Å². The molecule has 4 rings (SSSR count). The maximum absolute atomic E-state index is 13.2. The van der Waals surface area contributed by atoms with Crippen molar-refractivity contribution in [2.24, 2.45) is 0 Å². The van der Waals surface area contributed by atoms with Crippen LogP contribution >= 0.6 is 11.6 Å². The van der Waals surface area contributed by atoms with E-state index in [9.17, 15) is 10.0 Å². The van der Waals surface area contributed by atoms with Crippen molar-refractivity contribution in [1.82, 2.24) is 9.78 Å². The van der Waals surface area contributed by atoms with E-state index in [1.165, 1.54) is 0 Å². The van der Waals surface area contributed by atoms with Gasteiger partial charge in [0.25, 0.3) is 5.56 Å². The molecule has 3 aromatic rings. The van der Waals surface area contributed by atoms with Crippen molar-refractivity contribution >= 4 is 22.4 Å². The molecule has 28 heavy (non-hydrogen) atoms. The zero-order valence-corrected chi connectivity index (χ0v) is 16.7. The largest absolute Gasteiger partial charge is 0.633 e. The highest BCUT2D eigenvalue weighted by Gasteiger charge is 2.24. The molecule has 1 saturated heterocycles. The molecule has 0 radical (unpaired) electrons. The summed E-state index contributed by atoms with van der Waals surface area (Å²) in [6.07, 6.45) is 2.91. The van der Waals surface area contributed by atoms with Crippen molar-refractivity contribution in [3.05, 3.63) is 80.4 Å². The summed E-state index contributed by atoms with van der Waals surface area (Å²) in [5.74, 6) is 0. The number of hydrogen-bond donors (Lipinski definition) is 0. The molecule has 2 atom stereocenters. The lowest BCUT2D eigenvalue weighted by Gasteiger charge is -2.37. The average molecular weight is 398 g/mol. The normalized spacial score (nSPS) is 22.9. The Morgan fingerprint density at radius 1 is 1.11 bits per heavy atom. The number of likely N-dealkylation sites (tertiary alicyclic amines) is 1. The zero-order valence-electron chi connectivity index (χ0n) is 16.0. The van der Waals surface area contributed by atoms with Crippen LogP contribution in [0, 0.1) is 5.21 Å². The molecule has 2 heterocycles. The fourth-order valence-corrected chi connectivity index (χ4v) is 4.16. The molecule has 0 aliphatic carbocycles. The Bertz CT molecular complexity index is 1040. The molecule has 0 bridgehead atoms. The molecule has 1 aromatic heterocycles. The second-order valence-electron chi connectivity index (χ2n) is 7.87. The molecular formula is C22H24ClN3O2. The Kier molecular flexibility index (Phi) is 5.23. The molecule has 146 valence electrons. The highest BCUT2D eigenvalue weighted by Crippen LogP contribution is 2.25. The van der Waals surface area contributed by atoms with E-state index in [-0.39, 0.29) is 16.2 Å². The molecule has 6 heteroatoms. The van der Waals surface area contributed by atoms with Gasteiger partial charge in [-0.3, -0.25) is 4.79 Å². The van der Waals surface area contributed by atoms with Crippen LogP contribution in [0.3, 0.4) is 0 Å². The van der Waals surface area contributed by atoms with Crippen LogP contribution in [0.25, 0.3) is 10.8 Å². The molecule has 5 nitrogen and oxygen atoms in total. The lowest BCUT2D eigenvalue weighted by atomic mass is 10.0. The second-order valence-corrected chi connectivity index (χ2v) is 8.31. The summed E-state index contributed by atoms with van der Waals surface area (Å²) in [6, 6.07) is 15.3. The fraction of sp³-hybridized carbons (Fsp3) is 0.364. The Morgan fingerprint density at radius 2 is 1.82 bits per heavy atom. The van der Waals surface area contributed by atoms with Gasteiger partial charge in [-0.25, -0.2) is 4.68 Å². The summed E-state index contributed by atoms with van der Waals surface area (Å²) in [7, 11) is 1.71. The maximum Gasteiger partial charge on any atom is 0.274 e. The van der Waals surface area contributed by atoms with E-state index in [4.69, 9.17) is 16.7 Å². The van der Waals surface area contributed by atoms with Crippen molar-refractivity contribution in [3.63, 3.8) is 0 Å². The Morgan fingerprint density at radius 3 is 2.57 bits per heavy atom. The number of hydrogen-bond acceptors (Lipinski definition) is 3. The lowest BCUT2D eigenvalue weighted by molar-refractivity contribution is -0.859.